The van der Waals surface area contributed by atoms with Gasteiger partial charge in [0.15, 0.2) is 0 Å². The smallest absolute Gasteiger partial charge is 0.302 e. The van der Waals surface area contributed by atoms with Crippen LogP contribution >= 0.6 is 0 Å². The molecule has 82 valence electrons. The van der Waals surface area contributed by atoms with Gasteiger partial charge in [-0.15, -0.1) is 0 Å². The molecule has 0 aliphatic rings. The number of aryl methyl sites for hydroxylation is 2. The molecule has 1 aromatic carbocycles. The molecule has 0 heterocycles. The molecule has 0 spiro atoms. The average Bonchev–Trinajstić information content (AvgIpc) is 2.10. The topological polar surface area (TPSA) is 35.5 Å². The van der Waals surface area contributed by atoms with Gasteiger partial charge >= 0.3 is 5.97 Å². The van der Waals surface area contributed by atoms with E-state index in [2.05, 4.69) is 6.07 Å². The molecule has 0 saturated carbocycles. The van der Waals surface area contributed by atoms with Gasteiger partial charge in [0.2, 0.25) is 0 Å². The van der Waals surface area contributed by atoms with Gasteiger partial charge in [-0.25, -0.2) is 0 Å². The van der Waals surface area contributed by atoms with Gasteiger partial charge in [0.05, 0.1) is 0 Å². The predicted octanol–water partition coefficient (Wildman–Crippen LogP) is 2.25. The van der Waals surface area contributed by atoms with Crippen molar-refractivity contribution in [1.82, 2.24) is 0 Å². The number of hydrogen-bond acceptors (Lipinski definition) is 3. The quantitative estimate of drug-likeness (QED) is 0.562. The van der Waals surface area contributed by atoms with Crippen LogP contribution in [0.4, 0.5) is 0 Å². The van der Waals surface area contributed by atoms with Crippen molar-refractivity contribution in [3.63, 3.8) is 0 Å². The van der Waals surface area contributed by atoms with Crippen molar-refractivity contribution < 1.29 is 14.3 Å². The SMILES string of the molecule is CC(=O)OCCOc1cc(C)cc(C)c1. The third-order valence-corrected chi connectivity index (χ3v) is 1.85. The minimum Gasteiger partial charge on any atom is -0.490 e. The van der Waals surface area contributed by atoms with Crippen molar-refractivity contribution in [2.45, 2.75) is 20.8 Å². The number of esters is 1. The molecule has 3 nitrogen and oxygen atoms in total. The van der Waals surface area contributed by atoms with Gasteiger partial charge in [0, 0.05) is 6.92 Å². The molecule has 0 fully saturated rings. The third kappa shape index (κ3) is 4.49. The highest BCUT2D eigenvalue weighted by molar-refractivity contribution is 5.65. The molecule has 0 unspecified atom stereocenters. The maximum absolute atomic E-state index is 10.5. The molecule has 0 radical (unpaired) electrons. The second kappa shape index (κ2) is 5.39. The molecular weight excluding hydrogens is 192 g/mol. The van der Waals surface area contributed by atoms with Crippen LogP contribution in [0, 0.1) is 13.8 Å². The van der Waals surface area contributed by atoms with E-state index in [1.807, 2.05) is 26.0 Å². The lowest BCUT2D eigenvalue weighted by Gasteiger charge is -2.08. The molecule has 0 atom stereocenters. The van der Waals surface area contributed by atoms with Crippen LogP contribution in [0.25, 0.3) is 0 Å². The number of carbonyl (C=O) groups excluding carboxylic acids is 1. The number of hydrogen-bond donors (Lipinski definition) is 0. The van der Waals surface area contributed by atoms with Crippen molar-refractivity contribution in [2.75, 3.05) is 13.2 Å². The van der Waals surface area contributed by atoms with E-state index in [9.17, 15) is 4.79 Å². The van der Waals surface area contributed by atoms with E-state index >= 15 is 0 Å². The summed E-state index contributed by atoms with van der Waals surface area (Å²) in [6, 6.07) is 6.00. The molecular formula is C12H16O3. The lowest BCUT2D eigenvalue weighted by Crippen LogP contribution is -2.09. The molecule has 1 aromatic rings. The summed E-state index contributed by atoms with van der Waals surface area (Å²) in [6.45, 7) is 6.11. The lowest BCUT2D eigenvalue weighted by molar-refractivity contribution is -0.141. The Hall–Kier alpha value is -1.51. The van der Waals surface area contributed by atoms with E-state index in [1.165, 1.54) is 6.92 Å². The van der Waals surface area contributed by atoms with Crippen LogP contribution in [0.15, 0.2) is 18.2 Å². The standard InChI is InChI=1S/C12H16O3/c1-9-6-10(2)8-12(7-9)15-5-4-14-11(3)13/h6-8H,4-5H2,1-3H3. The first kappa shape index (κ1) is 11.6. The van der Waals surface area contributed by atoms with Crippen LogP contribution < -0.4 is 4.74 Å². The summed E-state index contributed by atoms with van der Waals surface area (Å²) in [5, 5.41) is 0. The number of benzene rings is 1. The largest absolute Gasteiger partial charge is 0.490 e. The molecule has 0 aliphatic carbocycles. The Kier molecular flexibility index (Phi) is 4.16. The number of rotatable bonds is 4. The molecule has 0 aliphatic heterocycles. The van der Waals surface area contributed by atoms with E-state index in [4.69, 9.17) is 9.47 Å². The summed E-state index contributed by atoms with van der Waals surface area (Å²) in [5.41, 5.74) is 2.33. The van der Waals surface area contributed by atoms with E-state index in [-0.39, 0.29) is 5.97 Å². The molecule has 0 bridgehead atoms. The van der Waals surface area contributed by atoms with Crippen molar-refractivity contribution in [3.05, 3.63) is 29.3 Å². The zero-order valence-electron chi connectivity index (χ0n) is 9.37. The van der Waals surface area contributed by atoms with E-state index in [0.717, 1.165) is 16.9 Å². The molecule has 0 amide bonds. The third-order valence-electron chi connectivity index (χ3n) is 1.85. The van der Waals surface area contributed by atoms with E-state index in [1.54, 1.807) is 0 Å². The lowest BCUT2D eigenvalue weighted by atomic mass is 10.1. The van der Waals surface area contributed by atoms with Crippen molar-refractivity contribution in [1.29, 1.82) is 0 Å². The van der Waals surface area contributed by atoms with Gasteiger partial charge in [0.25, 0.3) is 0 Å². The first-order valence-corrected chi connectivity index (χ1v) is 4.92. The molecule has 1 rings (SSSR count). The fourth-order valence-corrected chi connectivity index (χ4v) is 1.36. The fraction of sp³-hybridized carbons (Fsp3) is 0.417. The monoisotopic (exact) mass is 208 g/mol. The van der Waals surface area contributed by atoms with Crippen molar-refractivity contribution >= 4 is 5.97 Å². The fourth-order valence-electron chi connectivity index (χ4n) is 1.36. The highest BCUT2D eigenvalue weighted by Crippen LogP contribution is 2.15. The predicted molar refractivity (Wildman–Crippen MR) is 58.0 cm³/mol. The van der Waals surface area contributed by atoms with Crippen LogP contribution in [0.1, 0.15) is 18.1 Å². The number of carbonyl (C=O) groups is 1. The minimum atomic E-state index is -0.279. The van der Waals surface area contributed by atoms with Crippen LogP contribution in [0.5, 0.6) is 5.75 Å². The molecule has 0 saturated heterocycles. The van der Waals surface area contributed by atoms with E-state index in [0.29, 0.717) is 13.2 Å². The maximum atomic E-state index is 10.5. The summed E-state index contributed by atoms with van der Waals surface area (Å²) in [7, 11) is 0. The van der Waals surface area contributed by atoms with Gasteiger partial charge in [-0.1, -0.05) is 6.07 Å². The normalized spacial score (nSPS) is 9.80. The summed E-state index contributed by atoms with van der Waals surface area (Å²) in [6.07, 6.45) is 0. The van der Waals surface area contributed by atoms with Gasteiger partial charge < -0.3 is 9.47 Å². The summed E-state index contributed by atoms with van der Waals surface area (Å²) in [5.74, 6) is 0.540. The summed E-state index contributed by atoms with van der Waals surface area (Å²) < 4.78 is 10.2. The van der Waals surface area contributed by atoms with E-state index < -0.39 is 0 Å². The van der Waals surface area contributed by atoms with Crippen molar-refractivity contribution in [2.24, 2.45) is 0 Å². The average molecular weight is 208 g/mol. The van der Waals surface area contributed by atoms with Gasteiger partial charge in [-0.05, 0) is 37.1 Å². The highest BCUT2D eigenvalue weighted by atomic mass is 16.6. The molecule has 3 heteroatoms. The van der Waals surface area contributed by atoms with Crippen LogP contribution in [0.2, 0.25) is 0 Å². The van der Waals surface area contributed by atoms with Gasteiger partial charge in [-0.3, -0.25) is 4.79 Å². The first-order valence-electron chi connectivity index (χ1n) is 4.92. The Morgan fingerprint density at radius 2 is 1.73 bits per heavy atom. The Morgan fingerprint density at radius 1 is 1.13 bits per heavy atom. The molecule has 0 N–H and O–H groups in total. The zero-order valence-corrected chi connectivity index (χ0v) is 9.37. The van der Waals surface area contributed by atoms with Crippen LogP contribution in [0.3, 0.4) is 0 Å². The second-order valence-electron chi connectivity index (χ2n) is 3.51. The zero-order chi connectivity index (χ0) is 11.3. The van der Waals surface area contributed by atoms with Crippen LogP contribution in [-0.4, -0.2) is 19.2 Å². The van der Waals surface area contributed by atoms with Crippen molar-refractivity contribution in [3.8, 4) is 5.75 Å². The summed E-state index contributed by atoms with van der Waals surface area (Å²) >= 11 is 0. The first-order chi connectivity index (χ1) is 7.08. The Bertz CT molecular complexity index is 324. The number of ether oxygens (including phenoxy) is 2. The Balaban J connectivity index is 2.40. The van der Waals surface area contributed by atoms with Gasteiger partial charge in [-0.2, -0.15) is 0 Å². The highest BCUT2D eigenvalue weighted by Gasteiger charge is 1.97. The van der Waals surface area contributed by atoms with Gasteiger partial charge in [0.1, 0.15) is 19.0 Å². The Morgan fingerprint density at radius 3 is 2.27 bits per heavy atom. The second-order valence-corrected chi connectivity index (χ2v) is 3.51. The molecule has 0 aromatic heterocycles. The minimum absolute atomic E-state index is 0.279. The maximum Gasteiger partial charge on any atom is 0.302 e. The summed E-state index contributed by atoms with van der Waals surface area (Å²) in [4.78, 5) is 10.5. The molecule has 15 heavy (non-hydrogen) atoms. The van der Waals surface area contributed by atoms with Crippen LogP contribution in [-0.2, 0) is 9.53 Å². The Labute approximate surface area is 90.0 Å².